The molecule has 0 fully saturated rings. The zero-order valence-corrected chi connectivity index (χ0v) is 14.5. The molecule has 0 bridgehead atoms. The Morgan fingerprint density at radius 3 is 2.69 bits per heavy atom. The van der Waals surface area contributed by atoms with Crippen LogP contribution in [0.3, 0.4) is 0 Å². The third-order valence-corrected chi connectivity index (χ3v) is 4.55. The summed E-state index contributed by atoms with van der Waals surface area (Å²) in [5.41, 5.74) is 3.66. The van der Waals surface area contributed by atoms with E-state index in [2.05, 4.69) is 10.2 Å². The standard InChI is InChI=1S/C19H18FN5O/c1-12(11-24-13(2)7-8-21-24)17-9-18(26)25-19(23-17)16(10-22-25)14-3-5-15(20)6-4-14/h3-10,12,22H,11H2,1-2H3. The van der Waals surface area contributed by atoms with Crippen LogP contribution in [0.1, 0.15) is 24.2 Å². The minimum absolute atomic E-state index is 0.0160. The van der Waals surface area contributed by atoms with Crippen molar-refractivity contribution in [1.29, 1.82) is 0 Å². The summed E-state index contributed by atoms with van der Waals surface area (Å²) in [6, 6.07) is 9.62. The first-order chi connectivity index (χ1) is 12.5. The molecule has 3 aromatic heterocycles. The zero-order chi connectivity index (χ0) is 18.3. The molecule has 0 saturated heterocycles. The van der Waals surface area contributed by atoms with Crippen molar-refractivity contribution in [1.82, 2.24) is 24.4 Å². The Kier molecular flexibility index (Phi) is 3.91. The van der Waals surface area contributed by atoms with Gasteiger partial charge in [0.15, 0.2) is 5.65 Å². The Bertz CT molecular complexity index is 1120. The molecule has 0 radical (unpaired) electrons. The molecule has 6 nitrogen and oxygen atoms in total. The number of H-pyrrole nitrogens is 1. The number of hydrogen-bond acceptors (Lipinski definition) is 3. The topological polar surface area (TPSA) is 68.0 Å². The number of aromatic amines is 1. The van der Waals surface area contributed by atoms with E-state index in [1.165, 1.54) is 16.6 Å². The molecule has 1 N–H and O–H groups in total. The van der Waals surface area contributed by atoms with Crippen LogP contribution in [0.5, 0.6) is 0 Å². The summed E-state index contributed by atoms with van der Waals surface area (Å²) < 4.78 is 16.5. The number of hydrogen-bond donors (Lipinski definition) is 1. The van der Waals surface area contributed by atoms with E-state index in [0.29, 0.717) is 17.9 Å². The summed E-state index contributed by atoms with van der Waals surface area (Å²) in [6.45, 7) is 4.64. The van der Waals surface area contributed by atoms with Gasteiger partial charge in [0.1, 0.15) is 5.82 Å². The number of nitrogens with zero attached hydrogens (tertiary/aromatic N) is 4. The normalized spacial score (nSPS) is 12.6. The number of aromatic nitrogens is 5. The van der Waals surface area contributed by atoms with E-state index >= 15 is 0 Å². The molecular weight excluding hydrogens is 333 g/mol. The highest BCUT2D eigenvalue weighted by molar-refractivity contribution is 5.76. The first kappa shape index (κ1) is 16.3. The summed E-state index contributed by atoms with van der Waals surface area (Å²) in [7, 11) is 0. The molecule has 0 spiro atoms. The molecule has 1 aromatic carbocycles. The van der Waals surface area contributed by atoms with Crippen LogP contribution in [-0.2, 0) is 6.54 Å². The number of fused-ring (bicyclic) bond motifs is 1. The average molecular weight is 351 g/mol. The van der Waals surface area contributed by atoms with E-state index in [0.717, 1.165) is 16.8 Å². The lowest BCUT2D eigenvalue weighted by Crippen LogP contribution is -2.18. The van der Waals surface area contributed by atoms with E-state index in [4.69, 9.17) is 4.98 Å². The van der Waals surface area contributed by atoms with Crippen molar-refractivity contribution in [3.63, 3.8) is 0 Å². The lowest BCUT2D eigenvalue weighted by atomic mass is 10.1. The number of halogens is 1. The third kappa shape index (κ3) is 2.81. The molecule has 26 heavy (non-hydrogen) atoms. The van der Waals surface area contributed by atoms with Gasteiger partial charge in [0, 0.05) is 42.2 Å². The van der Waals surface area contributed by atoms with Crippen molar-refractivity contribution >= 4 is 5.65 Å². The number of benzene rings is 1. The van der Waals surface area contributed by atoms with Crippen molar-refractivity contribution < 1.29 is 4.39 Å². The van der Waals surface area contributed by atoms with Crippen LogP contribution >= 0.6 is 0 Å². The lowest BCUT2D eigenvalue weighted by molar-refractivity contribution is 0.523. The summed E-state index contributed by atoms with van der Waals surface area (Å²) in [6.07, 6.45) is 3.47. The van der Waals surface area contributed by atoms with Crippen LogP contribution < -0.4 is 5.56 Å². The molecule has 7 heteroatoms. The molecule has 0 amide bonds. The van der Waals surface area contributed by atoms with Crippen LogP contribution in [0, 0.1) is 12.7 Å². The minimum Gasteiger partial charge on any atom is -0.296 e. The maximum atomic E-state index is 13.2. The second kappa shape index (κ2) is 6.25. The highest BCUT2D eigenvalue weighted by Crippen LogP contribution is 2.24. The van der Waals surface area contributed by atoms with E-state index in [-0.39, 0.29) is 17.3 Å². The molecule has 4 rings (SSSR count). The van der Waals surface area contributed by atoms with Gasteiger partial charge in [-0.25, -0.2) is 13.9 Å². The van der Waals surface area contributed by atoms with Gasteiger partial charge in [0.2, 0.25) is 0 Å². The molecule has 4 aromatic rings. The van der Waals surface area contributed by atoms with Crippen LogP contribution in [0.4, 0.5) is 4.39 Å². The van der Waals surface area contributed by atoms with Crippen LogP contribution in [-0.4, -0.2) is 24.4 Å². The van der Waals surface area contributed by atoms with E-state index in [1.807, 2.05) is 24.6 Å². The van der Waals surface area contributed by atoms with Gasteiger partial charge in [-0.1, -0.05) is 19.1 Å². The van der Waals surface area contributed by atoms with Gasteiger partial charge in [0.25, 0.3) is 5.56 Å². The van der Waals surface area contributed by atoms with Crippen LogP contribution in [0.15, 0.2) is 53.6 Å². The van der Waals surface area contributed by atoms with Crippen molar-refractivity contribution in [3.8, 4) is 11.1 Å². The molecule has 1 atom stereocenters. The fourth-order valence-corrected chi connectivity index (χ4v) is 3.04. The summed E-state index contributed by atoms with van der Waals surface area (Å²) in [5, 5.41) is 7.21. The van der Waals surface area contributed by atoms with E-state index < -0.39 is 0 Å². The molecule has 0 saturated carbocycles. The maximum Gasteiger partial charge on any atom is 0.272 e. The van der Waals surface area contributed by atoms with Gasteiger partial charge in [-0.2, -0.15) is 5.10 Å². The Hall–Kier alpha value is -3.22. The molecular formula is C19H18FN5O. The predicted octanol–water partition coefficient (Wildman–Crippen LogP) is 3.14. The number of aryl methyl sites for hydroxylation is 1. The zero-order valence-electron chi connectivity index (χ0n) is 14.5. The van der Waals surface area contributed by atoms with Crippen molar-refractivity contribution in [3.05, 3.63) is 76.4 Å². The quantitative estimate of drug-likeness (QED) is 0.614. The van der Waals surface area contributed by atoms with E-state index in [9.17, 15) is 9.18 Å². The molecule has 0 aliphatic heterocycles. The molecule has 0 aliphatic carbocycles. The third-order valence-electron chi connectivity index (χ3n) is 4.55. The van der Waals surface area contributed by atoms with Crippen LogP contribution in [0.25, 0.3) is 16.8 Å². The lowest BCUT2D eigenvalue weighted by Gasteiger charge is -2.12. The smallest absolute Gasteiger partial charge is 0.272 e. The number of nitrogens with one attached hydrogen (secondary N) is 1. The second-order valence-electron chi connectivity index (χ2n) is 6.43. The average Bonchev–Trinajstić information content (AvgIpc) is 3.22. The SMILES string of the molecule is Cc1ccnn1CC(C)c1cc(=O)n2[nH]cc(-c3ccc(F)cc3)c2n1. The molecule has 0 aliphatic rings. The highest BCUT2D eigenvalue weighted by atomic mass is 19.1. The van der Waals surface area contributed by atoms with Gasteiger partial charge in [-0.3, -0.25) is 14.6 Å². The molecule has 132 valence electrons. The molecule has 3 heterocycles. The van der Waals surface area contributed by atoms with Gasteiger partial charge < -0.3 is 0 Å². The van der Waals surface area contributed by atoms with Gasteiger partial charge >= 0.3 is 0 Å². The highest BCUT2D eigenvalue weighted by Gasteiger charge is 2.15. The van der Waals surface area contributed by atoms with Crippen molar-refractivity contribution in [2.45, 2.75) is 26.3 Å². The first-order valence-corrected chi connectivity index (χ1v) is 8.38. The number of rotatable bonds is 4. The van der Waals surface area contributed by atoms with Gasteiger partial charge in [-0.15, -0.1) is 0 Å². The van der Waals surface area contributed by atoms with Gasteiger partial charge in [-0.05, 0) is 30.7 Å². The van der Waals surface area contributed by atoms with Gasteiger partial charge in [0.05, 0.1) is 5.69 Å². The fourth-order valence-electron chi connectivity index (χ4n) is 3.04. The summed E-state index contributed by atoms with van der Waals surface area (Å²) in [4.78, 5) is 17.2. The Balaban J connectivity index is 1.77. The predicted molar refractivity (Wildman–Crippen MR) is 96.6 cm³/mol. The maximum absolute atomic E-state index is 13.2. The fraction of sp³-hybridized carbons (Fsp3) is 0.211. The monoisotopic (exact) mass is 351 g/mol. The Morgan fingerprint density at radius 2 is 2.00 bits per heavy atom. The van der Waals surface area contributed by atoms with Crippen molar-refractivity contribution in [2.24, 2.45) is 0 Å². The van der Waals surface area contributed by atoms with E-state index in [1.54, 1.807) is 30.6 Å². The largest absolute Gasteiger partial charge is 0.296 e. The summed E-state index contributed by atoms with van der Waals surface area (Å²) >= 11 is 0. The summed E-state index contributed by atoms with van der Waals surface area (Å²) in [5.74, 6) is -0.287. The Labute approximate surface area is 148 Å². The second-order valence-corrected chi connectivity index (χ2v) is 6.43. The molecule has 1 unspecified atom stereocenters. The Morgan fingerprint density at radius 1 is 1.23 bits per heavy atom. The van der Waals surface area contributed by atoms with Crippen molar-refractivity contribution in [2.75, 3.05) is 0 Å². The van der Waals surface area contributed by atoms with Crippen LogP contribution in [0.2, 0.25) is 0 Å². The minimum atomic E-state index is -0.303. The first-order valence-electron chi connectivity index (χ1n) is 8.38.